The Balaban J connectivity index is 2.24. The Morgan fingerprint density at radius 3 is 2.58 bits per heavy atom. The maximum Gasteiger partial charge on any atom is 0.0686 e. The molecule has 0 saturated heterocycles. The molecular formula is C11H19N. The fourth-order valence-corrected chi connectivity index (χ4v) is 1.68. The first-order valence-electron chi connectivity index (χ1n) is 5.00. The molecule has 0 aromatic carbocycles. The summed E-state index contributed by atoms with van der Waals surface area (Å²) in [4.78, 5) is 0. The number of terminal acetylenes is 1. The van der Waals surface area contributed by atoms with Gasteiger partial charge in [-0.15, -0.1) is 6.42 Å². The van der Waals surface area contributed by atoms with Gasteiger partial charge in [-0.05, 0) is 32.1 Å². The highest BCUT2D eigenvalue weighted by molar-refractivity contribution is 4.99. The van der Waals surface area contributed by atoms with Crippen LogP contribution in [0.15, 0.2) is 0 Å². The first-order valence-corrected chi connectivity index (χ1v) is 5.00. The zero-order chi connectivity index (χ0) is 8.97. The quantitative estimate of drug-likeness (QED) is 0.630. The molecule has 1 heteroatoms. The lowest BCUT2D eigenvalue weighted by atomic mass is 9.80. The standard InChI is InChI=1S/C11H19N/c1-4-11(5-2)12-9(3)10-7-6-8-10/h1,9-12H,5-8H2,2-3H3. The fourth-order valence-electron chi connectivity index (χ4n) is 1.68. The zero-order valence-electron chi connectivity index (χ0n) is 8.14. The molecule has 68 valence electrons. The molecule has 0 spiro atoms. The van der Waals surface area contributed by atoms with Crippen LogP contribution in [0.2, 0.25) is 0 Å². The predicted molar refractivity (Wildman–Crippen MR) is 52.9 cm³/mol. The molecule has 0 aliphatic heterocycles. The monoisotopic (exact) mass is 165 g/mol. The Morgan fingerprint density at radius 2 is 2.25 bits per heavy atom. The van der Waals surface area contributed by atoms with Crippen molar-refractivity contribution in [3.8, 4) is 12.3 Å². The topological polar surface area (TPSA) is 12.0 Å². The highest BCUT2D eigenvalue weighted by Gasteiger charge is 2.24. The van der Waals surface area contributed by atoms with Crippen LogP contribution >= 0.6 is 0 Å². The van der Waals surface area contributed by atoms with Crippen molar-refractivity contribution < 1.29 is 0 Å². The molecule has 1 fully saturated rings. The first kappa shape index (κ1) is 9.61. The molecule has 1 aliphatic carbocycles. The summed E-state index contributed by atoms with van der Waals surface area (Å²) in [7, 11) is 0. The molecule has 0 aromatic heterocycles. The van der Waals surface area contributed by atoms with Crippen molar-refractivity contribution in [1.82, 2.24) is 5.32 Å². The minimum atomic E-state index is 0.278. The first-order chi connectivity index (χ1) is 5.77. The number of nitrogens with one attached hydrogen (secondary N) is 1. The van der Waals surface area contributed by atoms with Crippen molar-refractivity contribution in [3.63, 3.8) is 0 Å². The minimum absolute atomic E-state index is 0.278. The van der Waals surface area contributed by atoms with Crippen LogP contribution in [0, 0.1) is 18.3 Å². The summed E-state index contributed by atoms with van der Waals surface area (Å²) in [5, 5.41) is 3.48. The second-order valence-corrected chi connectivity index (χ2v) is 3.77. The van der Waals surface area contributed by atoms with E-state index >= 15 is 0 Å². The summed E-state index contributed by atoms with van der Waals surface area (Å²) >= 11 is 0. The normalized spacial score (nSPS) is 22.4. The van der Waals surface area contributed by atoms with Crippen molar-refractivity contribution in [3.05, 3.63) is 0 Å². The largest absolute Gasteiger partial charge is 0.301 e. The van der Waals surface area contributed by atoms with E-state index in [9.17, 15) is 0 Å². The molecule has 2 unspecified atom stereocenters. The van der Waals surface area contributed by atoms with Crippen LogP contribution in [0.4, 0.5) is 0 Å². The van der Waals surface area contributed by atoms with E-state index in [1.807, 2.05) is 0 Å². The molecule has 0 aromatic rings. The predicted octanol–water partition coefficient (Wildman–Crippen LogP) is 2.18. The lowest BCUT2D eigenvalue weighted by molar-refractivity contribution is 0.234. The van der Waals surface area contributed by atoms with Crippen molar-refractivity contribution in [1.29, 1.82) is 0 Å². The van der Waals surface area contributed by atoms with Gasteiger partial charge in [-0.1, -0.05) is 19.3 Å². The van der Waals surface area contributed by atoms with Crippen LogP contribution in [0.1, 0.15) is 39.5 Å². The van der Waals surface area contributed by atoms with E-state index in [-0.39, 0.29) is 6.04 Å². The van der Waals surface area contributed by atoms with Gasteiger partial charge in [-0.25, -0.2) is 0 Å². The van der Waals surface area contributed by atoms with E-state index in [1.165, 1.54) is 19.3 Å². The molecule has 0 heterocycles. The van der Waals surface area contributed by atoms with Gasteiger partial charge in [0.2, 0.25) is 0 Å². The van der Waals surface area contributed by atoms with E-state index in [4.69, 9.17) is 6.42 Å². The molecule has 0 radical (unpaired) electrons. The molecule has 1 saturated carbocycles. The van der Waals surface area contributed by atoms with Gasteiger partial charge < -0.3 is 5.32 Å². The Labute approximate surface area is 75.9 Å². The molecule has 2 atom stereocenters. The zero-order valence-corrected chi connectivity index (χ0v) is 8.14. The summed E-state index contributed by atoms with van der Waals surface area (Å²) in [5.74, 6) is 3.66. The summed E-state index contributed by atoms with van der Waals surface area (Å²) in [5.41, 5.74) is 0. The molecule has 1 aliphatic rings. The van der Waals surface area contributed by atoms with Gasteiger partial charge in [0.05, 0.1) is 6.04 Å². The highest BCUT2D eigenvalue weighted by atomic mass is 14.9. The van der Waals surface area contributed by atoms with Crippen LogP contribution in [-0.4, -0.2) is 12.1 Å². The van der Waals surface area contributed by atoms with Crippen LogP contribution in [0.5, 0.6) is 0 Å². The number of hydrogen-bond donors (Lipinski definition) is 1. The molecule has 0 amide bonds. The Hall–Kier alpha value is -0.480. The smallest absolute Gasteiger partial charge is 0.0686 e. The van der Waals surface area contributed by atoms with Crippen LogP contribution in [-0.2, 0) is 0 Å². The van der Waals surface area contributed by atoms with Gasteiger partial charge in [-0.2, -0.15) is 0 Å². The van der Waals surface area contributed by atoms with Crippen LogP contribution < -0.4 is 5.32 Å². The molecule has 1 N–H and O–H groups in total. The molecule has 1 rings (SSSR count). The molecule has 1 nitrogen and oxygen atoms in total. The molecular weight excluding hydrogens is 146 g/mol. The van der Waals surface area contributed by atoms with Gasteiger partial charge in [0.25, 0.3) is 0 Å². The second kappa shape index (κ2) is 4.52. The Kier molecular flexibility index (Phi) is 3.62. The van der Waals surface area contributed by atoms with Crippen LogP contribution in [0.25, 0.3) is 0 Å². The number of hydrogen-bond acceptors (Lipinski definition) is 1. The van der Waals surface area contributed by atoms with Crippen molar-refractivity contribution >= 4 is 0 Å². The summed E-state index contributed by atoms with van der Waals surface area (Å²) in [6.45, 7) is 4.38. The van der Waals surface area contributed by atoms with Gasteiger partial charge in [-0.3, -0.25) is 0 Å². The third-order valence-corrected chi connectivity index (χ3v) is 2.93. The van der Waals surface area contributed by atoms with Gasteiger partial charge in [0.15, 0.2) is 0 Å². The van der Waals surface area contributed by atoms with E-state index < -0.39 is 0 Å². The highest BCUT2D eigenvalue weighted by Crippen LogP contribution is 2.29. The summed E-state index contributed by atoms with van der Waals surface area (Å²) < 4.78 is 0. The van der Waals surface area contributed by atoms with Gasteiger partial charge in [0.1, 0.15) is 0 Å². The lowest BCUT2D eigenvalue weighted by Crippen LogP contribution is -2.42. The van der Waals surface area contributed by atoms with Crippen molar-refractivity contribution in [2.75, 3.05) is 0 Å². The molecule has 12 heavy (non-hydrogen) atoms. The average Bonchev–Trinajstić information content (AvgIpc) is 1.96. The third-order valence-electron chi connectivity index (χ3n) is 2.93. The van der Waals surface area contributed by atoms with Gasteiger partial charge in [0, 0.05) is 6.04 Å². The van der Waals surface area contributed by atoms with E-state index in [0.717, 1.165) is 12.3 Å². The van der Waals surface area contributed by atoms with Gasteiger partial charge >= 0.3 is 0 Å². The second-order valence-electron chi connectivity index (χ2n) is 3.77. The van der Waals surface area contributed by atoms with Crippen LogP contribution in [0.3, 0.4) is 0 Å². The maximum atomic E-state index is 5.38. The third kappa shape index (κ3) is 2.25. The van der Waals surface area contributed by atoms with E-state index in [1.54, 1.807) is 0 Å². The SMILES string of the molecule is C#CC(CC)NC(C)C1CCC1. The fraction of sp³-hybridized carbons (Fsp3) is 0.818. The van der Waals surface area contributed by atoms with Crippen molar-refractivity contribution in [2.45, 2.75) is 51.6 Å². The minimum Gasteiger partial charge on any atom is -0.301 e. The number of rotatable bonds is 4. The average molecular weight is 165 g/mol. The molecule has 0 bridgehead atoms. The van der Waals surface area contributed by atoms with E-state index in [0.29, 0.717) is 6.04 Å². The Morgan fingerprint density at radius 1 is 1.58 bits per heavy atom. The van der Waals surface area contributed by atoms with Crippen molar-refractivity contribution in [2.24, 2.45) is 5.92 Å². The lowest BCUT2D eigenvalue weighted by Gasteiger charge is -2.33. The van der Waals surface area contributed by atoms with E-state index in [2.05, 4.69) is 25.1 Å². The Bertz CT molecular complexity index is 164. The summed E-state index contributed by atoms with van der Waals surface area (Å²) in [6, 6.07) is 0.889. The maximum absolute atomic E-state index is 5.38. The summed E-state index contributed by atoms with van der Waals surface area (Å²) in [6.07, 6.45) is 10.6.